The summed E-state index contributed by atoms with van der Waals surface area (Å²) in [4.78, 5) is 0. The van der Waals surface area contributed by atoms with Crippen LogP contribution >= 0.6 is 27.5 Å². The standard InChI is InChI=1S/C14H18BrClN4O/c1-3-8-17-12(13-14(15)18-19-20(13)2)9-21-11-6-4-10(16)5-7-11/h4-7,12,17H,3,8-9H2,1-2H3. The first kappa shape index (κ1) is 16.3. The molecule has 2 rings (SSSR count). The summed E-state index contributed by atoms with van der Waals surface area (Å²) in [6.07, 6.45) is 1.04. The fourth-order valence-corrected chi connectivity index (χ4v) is 2.70. The van der Waals surface area contributed by atoms with Crippen LogP contribution in [0.1, 0.15) is 25.1 Å². The van der Waals surface area contributed by atoms with Gasteiger partial charge in [0.1, 0.15) is 12.4 Å². The molecule has 0 fully saturated rings. The largest absolute Gasteiger partial charge is 0.492 e. The number of aromatic nitrogens is 3. The van der Waals surface area contributed by atoms with Crippen LogP contribution in [0.15, 0.2) is 28.9 Å². The second-order valence-electron chi connectivity index (χ2n) is 4.66. The molecule has 114 valence electrons. The van der Waals surface area contributed by atoms with E-state index in [1.807, 2.05) is 31.3 Å². The Labute approximate surface area is 137 Å². The molecule has 0 aliphatic heterocycles. The molecular weight excluding hydrogens is 356 g/mol. The first-order valence-corrected chi connectivity index (χ1v) is 7.95. The number of rotatable bonds is 7. The van der Waals surface area contributed by atoms with Crippen LogP contribution in [0.5, 0.6) is 5.75 Å². The van der Waals surface area contributed by atoms with E-state index in [4.69, 9.17) is 16.3 Å². The maximum atomic E-state index is 5.87. The second-order valence-corrected chi connectivity index (χ2v) is 5.85. The fourth-order valence-electron chi connectivity index (χ4n) is 1.97. The molecule has 21 heavy (non-hydrogen) atoms. The van der Waals surface area contributed by atoms with Crippen molar-refractivity contribution in [3.05, 3.63) is 39.6 Å². The van der Waals surface area contributed by atoms with Gasteiger partial charge >= 0.3 is 0 Å². The topological polar surface area (TPSA) is 52.0 Å². The molecule has 2 aromatic rings. The van der Waals surface area contributed by atoms with Gasteiger partial charge in [-0.3, -0.25) is 0 Å². The smallest absolute Gasteiger partial charge is 0.153 e. The van der Waals surface area contributed by atoms with E-state index in [9.17, 15) is 0 Å². The SMILES string of the molecule is CCCNC(COc1ccc(Cl)cc1)c1c(Br)nnn1C. The minimum absolute atomic E-state index is 0.00926. The van der Waals surface area contributed by atoms with Crippen molar-refractivity contribution in [1.82, 2.24) is 20.3 Å². The summed E-state index contributed by atoms with van der Waals surface area (Å²) in [5, 5.41) is 12.2. The molecule has 7 heteroatoms. The highest BCUT2D eigenvalue weighted by Gasteiger charge is 2.20. The number of halogens is 2. The Balaban J connectivity index is 2.08. The van der Waals surface area contributed by atoms with Gasteiger partial charge in [-0.15, -0.1) is 5.10 Å². The molecule has 1 aromatic carbocycles. The second kappa shape index (κ2) is 7.77. The van der Waals surface area contributed by atoms with E-state index in [0.717, 1.165) is 29.0 Å². The van der Waals surface area contributed by atoms with Crippen molar-refractivity contribution in [2.75, 3.05) is 13.2 Å². The fraction of sp³-hybridized carbons (Fsp3) is 0.429. The van der Waals surface area contributed by atoms with Gasteiger partial charge in [-0.05, 0) is 53.2 Å². The van der Waals surface area contributed by atoms with E-state index >= 15 is 0 Å². The monoisotopic (exact) mass is 372 g/mol. The lowest BCUT2D eigenvalue weighted by Gasteiger charge is -2.19. The van der Waals surface area contributed by atoms with Crippen LogP contribution in [-0.2, 0) is 7.05 Å². The molecular formula is C14H18BrClN4O. The van der Waals surface area contributed by atoms with Crippen LogP contribution in [0.25, 0.3) is 0 Å². The van der Waals surface area contributed by atoms with Crippen LogP contribution in [0.2, 0.25) is 5.02 Å². The molecule has 0 saturated heterocycles. The molecule has 0 spiro atoms. The number of hydrogen-bond donors (Lipinski definition) is 1. The number of aryl methyl sites for hydroxylation is 1. The van der Waals surface area contributed by atoms with Crippen molar-refractivity contribution in [1.29, 1.82) is 0 Å². The Morgan fingerprint density at radius 1 is 1.38 bits per heavy atom. The van der Waals surface area contributed by atoms with Gasteiger partial charge < -0.3 is 10.1 Å². The van der Waals surface area contributed by atoms with E-state index in [0.29, 0.717) is 11.6 Å². The summed E-state index contributed by atoms with van der Waals surface area (Å²) >= 11 is 9.31. The van der Waals surface area contributed by atoms with Crippen LogP contribution in [-0.4, -0.2) is 28.1 Å². The van der Waals surface area contributed by atoms with Crippen molar-refractivity contribution in [3.8, 4) is 5.75 Å². The lowest BCUT2D eigenvalue weighted by Crippen LogP contribution is -2.29. The minimum Gasteiger partial charge on any atom is -0.492 e. The van der Waals surface area contributed by atoms with Gasteiger partial charge in [-0.25, -0.2) is 4.68 Å². The van der Waals surface area contributed by atoms with Gasteiger partial charge in [-0.1, -0.05) is 23.7 Å². The lowest BCUT2D eigenvalue weighted by atomic mass is 10.2. The molecule has 5 nitrogen and oxygen atoms in total. The van der Waals surface area contributed by atoms with Crippen molar-refractivity contribution in [3.63, 3.8) is 0 Å². The summed E-state index contributed by atoms with van der Waals surface area (Å²) < 4.78 is 8.33. The molecule has 0 aliphatic rings. The molecule has 1 heterocycles. The first-order valence-electron chi connectivity index (χ1n) is 6.78. The van der Waals surface area contributed by atoms with Crippen LogP contribution in [0.4, 0.5) is 0 Å². The number of nitrogens with zero attached hydrogens (tertiary/aromatic N) is 3. The van der Waals surface area contributed by atoms with E-state index < -0.39 is 0 Å². The third kappa shape index (κ3) is 4.43. The van der Waals surface area contributed by atoms with Gasteiger partial charge in [0, 0.05) is 12.1 Å². The quantitative estimate of drug-likeness (QED) is 0.808. The Kier molecular flexibility index (Phi) is 6.02. The van der Waals surface area contributed by atoms with Gasteiger partial charge in [-0.2, -0.15) is 0 Å². The van der Waals surface area contributed by atoms with Crippen molar-refractivity contribution in [2.24, 2.45) is 7.05 Å². The number of ether oxygens (including phenoxy) is 1. The molecule has 1 unspecified atom stereocenters. The zero-order valence-electron chi connectivity index (χ0n) is 12.0. The molecule has 1 N–H and O–H groups in total. The average Bonchev–Trinajstić information content (AvgIpc) is 2.81. The Bertz CT molecular complexity index is 553. The number of hydrogen-bond acceptors (Lipinski definition) is 4. The number of benzene rings is 1. The van der Waals surface area contributed by atoms with Crippen molar-refractivity contribution < 1.29 is 4.74 Å². The molecule has 0 bridgehead atoms. The summed E-state index contributed by atoms with van der Waals surface area (Å²) in [7, 11) is 1.87. The zero-order chi connectivity index (χ0) is 15.2. The first-order chi connectivity index (χ1) is 10.1. The maximum absolute atomic E-state index is 5.87. The average molecular weight is 374 g/mol. The van der Waals surface area contributed by atoms with Gasteiger partial charge in [0.05, 0.1) is 11.7 Å². The molecule has 0 saturated carbocycles. The summed E-state index contributed by atoms with van der Waals surface area (Å²) in [5.41, 5.74) is 0.970. The summed E-state index contributed by atoms with van der Waals surface area (Å²) in [5.74, 6) is 0.786. The predicted octanol–water partition coefficient (Wildman–Crippen LogP) is 3.35. The molecule has 1 aromatic heterocycles. The van der Waals surface area contributed by atoms with Crippen LogP contribution in [0, 0.1) is 0 Å². The molecule has 1 atom stereocenters. The highest BCUT2D eigenvalue weighted by molar-refractivity contribution is 9.10. The predicted molar refractivity (Wildman–Crippen MR) is 86.7 cm³/mol. The Hall–Kier alpha value is -1.11. The van der Waals surface area contributed by atoms with Crippen molar-refractivity contribution >= 4 is 27.5 Å². The Morgan fingerprint density at radius 2 is 2.10 bits per heavy atom. The van der Waals surface area contributed by atoms with Crippen LogP contribution < -0.4 is 10.1 Å². The Morgan fingerprint density at radius 3 is 2.67 bits per heavy atom. The van der Waals surface area contributed by atoms with E-state index in [1.54, 1.807) is 4.68 Å². The highest BCUT2D eigenvalue weighted by atomic mass is 79.9. The molecule has 0 amide bonds. The van der Waals surface area contributed by atoms with Crippen molar-refractivity contribution in [2.45, 2.75) is 19.4 Å². The summed E-state index contributed by atoms with van der Waals surface area (Å²) in [6.45, 7) is 3.51. The lowest BCUT2D eigenvalue weighted by molar-refractivity contribution is 0.260. The number of nitrogens with one attached hydrogen (secondary N) is 1. The van der Waals surface area contributed by atoms with Gasteiger partial charge in [0.2, 0.25) is 0 Å². The van der Waals surface area contributed by atoms with E-state index in [1.165, 1.54) is 0 Å². The normalized spacial score (nSPS) is 12.4. The third-order valence-corrected chi connectivity index (χ3v) is 3.84. The molecule has 0 radical (unpaired) electrons. The summed E-state index contributed by atoms with van der Waals surface area (Å²) in [6, 6.07) is 7.35. The third-order valence-electron chi connectivity index (χ3n) is 3.03. The highest BCUT2D eigenvalue weighted by Crippen LogP contribution is 2.22. The molecule has 0 aliphatic carbocycles. The van der Waals surface area contributed by atoms with Crippen LogP contribution in [0.3, 0.4) is 0 Å². The zero-order valence-corrected chi connectivity index (χ0v) is 14.4. The van der Waals surface area contributed by atoms with Gasteiger partial charge in [0.25, 0.3) is 0 Å². The van der Waals surface area contributed by atoms with E-state index in [-0.39, 0.29) is 6.04 Å². The maximum Gasteiger partial charge on any atom is 0.153 e. The minimum atomic E-state index is 0.00926. The van der Waals surface area contributed by atoms with E-state index in [2.05, 4.69) is 38.5 Å². The van der Waals surface area contributed by atoms with Gasteiger partial charge in [0.15, 0.2) is 4.60 Å².